The lowest BCUT2D eigenvalue weighted by Gasteiger charge is -2.01. The molecular formula is C5H8O2. The summed E-state index contributed by atoms with van der Waals surface area (Å²) in [6.07, 6.45) is -0.475. The SMILES string of the molecule is [CH2]C([CH2])OC(C)=O. The van der Waals surface area contributed by atoms with Gasteiger partial charge in [0.1, 0.15) is 6.10 Å². The van der Waals surface area contributed by atoms with E-state index in [-0.39, 0.29) is 5.97 Å². The van der Waals surface area contributed by atoms with Crippen LogP contribution in [-0.2, 0) is 9.53 Å². The molecule has 2 radical (unpaired) electrons. The quantitative estimate of drug-likeness (QED) is 0.451. The van der Waals surface area contributed by atoms with Gasteiger partial charge in [0.25, 0.3) is 0 Å². The summed E-state index contributed by atoms with van der Waals surface area (Å²) in [6, 6.07) is 0. The summed E-state index contributed by atoms with van der Waals surface area (Å²) >= 11 is 0. The number of hydrogen-bond acceptors (Lipinski definition) is 2. The fraction of sp³-hybridized carbons (Fsp3) is 0.400. The third-order valence-electron chi connectivity index (χ3n) is 0.333. The molecule has 0 rings (SSSR count). The smallest absolute Gasteiger partial charge is 0.302 e. The van der Waals surface area contributed by atoms with E-state index in [1.54, 1.807) is 0 Å². The molecule has 0 atom stereocenters. The van der Waals surface area contributed by atoms with Crippen molar-refractivity contribution in [2.24, 2.45) is 0 Å². The molecule has 0 aliphatic heterocycles. The van der Waals surface area contributed by atoms with Crippen LogP contribution in [0.4, 0.5) is 0 Å². The van der Waals surface area contributed by atoms with E-state index in [9.17, 15) is 4.79 Å². The van der Waals surface area contributed by atoms with E-state index >= 15 is 0 Å². The molecule has 0 aliphatic carbocycles. The van der Waals surface area contributed by atoms with Crippen LogP contribution in [-0.4, -0.2) is 12.1 Å². The zero-order valence-corrected chi connectivity index (χ0v) is 4.31. The first-order chi connectivity index (χ1) is 3.13. The zero-order chi connectivity index (χ0) is 5.86. The van der Waals surface area contributed by atoms with E-state index in [1.807, 2.05) is 0 Å². The Bertz CT molecular complexity index is 66.5. The summed E-state index contributed by atoms with van der Waals surface area (Å²) < 4.78 is 4.39. The summed E-state index contributed by atoms with van der Waals surface area (Å²) in [6.45, 7) is 7.97. The van der Waals surface area contributed by atoms with Crippen LogP contribution in [0.15, 0.2) is 0 Å². The second-order valence-electron chi connectivity index (χ2n) is 1.23. The van der Waals surface area contributed by atoms with Crippen molar-refractivity contribution in [3.63, 3.8) is 0 Å². The van der Waals surface area contributed by atoms with Gasteiger partial charge >= 0.3 is 5.97 Å². The van der Waals surface area contributed by atoms with Crippen LogP contribution in [0.3, 0.4) is 0 Å². The Hall–Kier alpha value is -0.530. The fourth-order valence-electron chi connectivity index (χ4n) is 0.235. The van der Waals surface area contributed by atoms with Gasteiger partial charge in [-0.05, 0) is 13.8 Å². The maximum Gasteiger partial charge on any atom is 0.302 e. The van der Waals surface area contributed by atoms with Gasteiger partial charge in [0.2, 0.25) is 0 Å². The van der Waals surface area contributed by atoms with Gasteiger partial charge in [0, 0.05) is 6.92 Å². The normalized spacial score (nSPS) is 9.14. The number of carbonyl (C=O) groups excluding carboxylic acids is 1. The van der Waals surface area contributed by atoms with Crippen LogP contribution in [0.2, 0.25) is 0 Å². The average Bonchev–Trinajstić information content (AvgIpc) is 1.27. The van der Waals surface area contributed by atoms with Crippen LogP contribution in [0.25, 0.3) is 0 Å². The summed E-state index contributed by atoms with van der Waals surface area (Å²) in [5.41, 5.74) is 0. The van der Waals surface area contributed by atoms with Gasteiger partial charge in [-0.25, -0.2) is 0 Å². The van der Waals surface area contributed by atoms with E-state index in [4.69, 9.17) is 0 Å². The second-order valence-corrected chi connectivity index (χ2v) is 1.23. The lowest BCUT2D eigenvalue weighted by molar-refractivity contribution is -0.142. The minimum Gasteiger partial charge on any atom is -0.463 e. The number of rotatable bonds is 1. The molecule has 40 valence electrons. The topological polar surface area (TPSA) is 26.3 Å². The first-order valence-electron chi connectivity index (χ1n) is 1.96. The molecule has 7 heavy (non-hydrogen) atoms. The zero-order valence-electron chi connectivity index (χ0n) is 4.31. The van der Waals surface area contributed by atoms with E-state index < -0.39 is 6.10 Å². The molecule has 0 heterocycles. The molecule has 2 nitrogen and oxygen atoms in total. The van der Waals surface area contributed by atoms with E-state index in [0.29, 0.717) is 0 Å². The van der Waals surface area contributed by atoms with Crippen LogP contribution < -0.4 is 0 Å². The molecule has 0 amide bonds. The Labute approximate surface area is 43.5 Å². The molecule has 0 aromatic rings. The van der Waals surface area contributed by atoms with Crippen molar-refractivity contribution in [3.05, 3.63) is 13.8 Å². The lowest BCUT2D eigenvalue weighted by Crippen LogP contribution is -2.07. The van der Waals surface area contributed by atoms with Crippen molar-refractivity contribution < 1.29 is 9.53 Å². The molecule has 0 saturated heterocycles. The van der Waals surface area contributed by atoms with Crippen LogP contribution in [0.1, 0.15) is 6.92 Å². The Kier molecular flexibility index (Phi) is 2.41. The first-order valence-corrected chi connectivity index (χ1v) is 1.96. The molecule has 0 bridgehead atoms. The summed E-state index contributed by atoms with van der Waals surface area (Å²) in [5.74, 6) is -0.338. The number of hydrogen-bond donors (Lipinski definition) is 0. The van der Waals surface area contributed by atoms with Crippen molar-refractivity contribution in [2.45, 2.75) is 13.0 Å². The lowest BCUT2D eigenvalue weighted by atomic mass is 10.5. The first kappa shape index (κ1) is 6.47. The van der Waals surface area contributed by atoms with Crippen molar-refractivity contribution in [2.75, 3.05) is 0 Å². The number of carbonyl (C=O) groups is 1. The molecule has 0 unspecified atom stereocenters. The molecular weight excluding hydrogens is 92.1 g/mol. The van der Waals surface area contributed by atoms with Crippen LogP contribution >= 0.6 is 0 Å². The van der Waals surface area contributed by atoms with Crippen LogP contribution in [0.5, 0.6) is 0 Å². The van der Waals surface area contributed by atoms with E-state index in [1.165, 1.54) is 6.92 Å². The molecule has 0 saturated carbocycles. The van der Waals surface area contributed by atoms with Gasteiger partial charge in [0.05, 0.1) is 0 Å². The summed E-state index contributed by atoms with van der Waals surface area (Å²) in [5, 5.41) is 0. The van der Waals surface area contributed by atoms with Crippen molar-refractivity contribution in [1.29, 1.82) is 0 Å². The van der Waals surface area contributed by atoms with Crippen molar-refractivity contribution >= 4 is 5.97 Å². The van der Waals surface area contributed by atoms with Gasteiger partial charge in [-0.1, -0.05) is 0 Å². The molecule has 0 N–H and O–H groups in total. The molecule has 0 aromatic carbocycles. The van der Waals surface area contributed by atoms with Crippen molar-refractivity contribution in [1.82, 2.24) is 0 Å². The monoisotopic (exact) mass is 100 g/mol. The largest absolute Gasteiger partial charge is 0.463 e. The molecule has 0 spiro atoms. The van der Waals surface area contributed by atoms with Gasteiger partial charge in [-0.2, -0.15) is 0 Å². The highest BCUT2D eigenvalue weighted by Crippen LogP contribution is 1.84. The maximum atomic E-state index is 9.95. The van der Waals surface area contributed by atoms with Crippen LogP contribution in [0, 0.1) is 13.8 Å². The molecule has 0 fully saturated rings. The second kappa shape index (κ2) is 2.61. The third-order valence-corrected chi connectivity index (χ3v) is 0.333. The van der Waals surface area contributed by atoms with Gasteiger partial charge in [-0.3, -0.25) is 4.79 Å². The highest BCUT2D eigenvalue weighted by atomic mass is 16.5. The van der Waals surface area contributed by atoms with Gasteiger partial charge in [0.15, 0.2) is 0 Å². The third kappa shape index (κ3) is 5.47. The maximum absolute atomic E-state index is 9.95. The van der Waals surface area contributed by atoms with Gasteiger partial charge in [-0.15, -0.1) is 0 Å². The summed E-state index contributed by atoms with van der Waals surface area (Å²) in [4.78, 5) is 9.95. The Balaban J connectivity index is 3.13. The Morgan fingerprint density at radius 2 is 2.14 bits per heavy atom. The minimum absolute atomic E-state index is 0.338. The minimum atomic E-state index is -0.475. The number of esters is 1. The van der Waals surface area contributed by atoms with Crippen molar-refractivity contribution in [3.8, 4) is 0 Å². The number of ether oxygens (including phenoxy) is 1. The fourth-order valence-corrected chi connectivity index (χ4v) is 0.235. The highest BCUT2D eigenvalue weighted by molar-refractivity contribution is 5.66. The molecule has 2 heteroatoms. The highest BCUT2D eigenvalue weighted by Gasteiger charge is 1.93. The molecule has 0 aromatic heterocycles. The predicted octanol–water partition coefficient (Wildman–Crippen LogP) is 0.586. The average molecular weight is 100 g/mol. The Morgan fingerprint density at radius 1 is 1.71 bits per heavy atom. The predicted molar refractivity (Wildman–Crippen MR) is 26.3 cm³/mol. The standard InChI is InChI=1S/C5H8O2/c1-4(2)7-5(3)6/h4H,1-2H2,3H3. The van der Waals surface area contributed by atoms with E-state index in [2.05, 4.69) is 18.6 Å². The molecule has 0 aliphatic rings. The van der Waals surface area contributed by atoms with Gasteiger partial charge < -0.3 is 4.74 Å². The Morgan fingerprint density at radius 3 is 2.14 bits per heavy atom. The summed E-state index contributed by atoms with van der Waals surface area (Å²) in [7, 11) is 0. The van der Waals surface area contributed by atoms with E-state index in [0.717, 1.165) is 0 Å².